The zero-order chi connectivity index (χ0) is 14.8. The van der Waals surface area contributed by atoms with E-state index in [1.807, 2.05) is 0 Å². The van der Waals surface area contributed by atoms with Crippen LogP contribution in [0.5, 0.6) is 0 Å². The lowest BCUT2D eigenvalue weighted by Gasteiger charge is -2.14. The molecule has 0 saturated carbocycles. The number of nitrogens with zero attached hydrogens (tertiary/aromatic N) is 1. The van der Waals surface area contributed by atoms with Crippen molar-refractivity contribution in [1.82, 2.24) is 9.71 Å². The molecule has 1 atom stereocenters. The van der Waals surface area contributed by atoms with Crippen LogP contribution >= 0.6 is 11.6 Å². The summed E-state index contributed by atoms with van der Waals surface area (Å²) in [5, 5.41) is 0.125. The summed E-state index contributed by atoms with van der Waals surface area (Å²) in [5.74, 6) is 0. The van der Waals surface area contributed by atoms with Crippen LogP contribution in [0.2, 0.25) is 5.02 Å². The minimum absolute atomic E-state index is 0.0399. The number of pyridine rings is 1. The highest BCUT2D eigenvalue weighted by atomic mass is 35.5. The van der Waals surface area contributed by atoms with Gasteiger partial charge in [0.05, 0.1) is 16.8 Å². The number of nitrogens with one attached hydrogen (secondary N) is 1. The molecule has 2 aromatic rings. The summed E-state index contributed by atoms with van der Waals surface area (Å²) in [6, 6.07) is 9.16. The monoisotopic (exact) mass is 311 g/mol. The lowest BCUT2D eigenvalue weighted by atomic mass is 10.2. The summed E-state index contributed by atoms with van der Waals surface area (Å²) < 4.78 is 27.1. The average Bonchev–Trinajstić information content (AvgIpc) is 2.42. The maximum Gasteiger partial charge on any atom is 0.242 e. The van der Waals surface area contributed by atoms with Crippen molar-refractivity contribution in [2.75, 3.05) is 5.73 Å². The Morgan fingerprint density at radius 3 is 2.70 bits per heavy atom. The van der Waals surface area contributed by atoms with Crippen LogP contribution in [0.25, 0.3) is 0 Å². The number of hydrogen-bond acceptors (Lipinski definition) is 4. The van der Waals surface area contributed by atoms with Crippen molar-refractivity contribution < 1.29 is 8.42 Å². The summed E-state index contributed by atoms with van der Waals surface area (Å²) in [5.41, 5.74) is 6.56. The third kappa shape index (κ3) is 3.27. The van der Waals surface area contributed by atoms with Crippen LogP contribution in [0.15, 0.2) is 47.5 Å². The fraction of sp³-hybridized carbons (Fsp3) is 0.154. The molecule has 0 fully saturated rings. The van der Waals surface area contributed by atoms with Crippen LogP contribution in [0.3, 0.4) is 0 Å². The van der Waals surface area contributed by atoms with Gasteiger partial charge in [0, 0.05) is 11.9 Å². The van der Waals surface area contributed by atoms with Gasteiger partial charge in [0.1, 0.15) is 4.90 Å². The molecule has 1 heterocycles. The molecule has 1 aromatic carbocycles. The second-order valence-corrected chi connectivity index (χ2v) is 6.38. The van der Waals surface area contributed by atoms with Gasteiger partial charge in [-0.05, 0) is 37.3 Å². The topological polar surface area (TPSA) is 85.1 Å². The van der Waals surface area contributed by atoms with E-state index in [1.165, 1.54) is 12.1 Å². The van der Waals surface area contributed by atoms with Gasteiger partial charge in [-0.3, -0.25) is 4.98 Å². The molecular formula is C13H14ClN3O2S. The standard InChI is InChI=1S/C13H14ClN3O2S/c1-9(12-4-2-3-7-16-12)17-20(18,19)13-8-10(15)5-6-11(13)14/h2-9,17H,15H2,1H3. The largest absolute Gasteiger partial charge is 0.399 e. The Hall–Kier alpha value is -1.63. The summed E-state index contributed by atoms with van der Waals surface area (Å²) in [6.07, 6.45) is 1.60. The summed E-state index contributed by atoms with van der Waals surface area (Å²) >= 11 is 5.92. The first-order valence-electron chi connectivity index (χ1n) is 5.88. The number of nitrogen functional groups attached to an aromatic ring is 1. The van der Waals surface area contributed by atoms with Gasteiger partial charge in [-0.25, -0.2) is 13.1 Å². The predicted octanol–water partition coefficient (Wildman–Crippen LogP) is 2.36. The SMILES string of the molecule is CC(NS(=O)(=O)c1cc(N)ccc1Cl)c1ccccn1. The fourth-order valence-electron chi connectivity index (χ4n) is 1.71. The van der Waals surface area contributed by atoms with Gasteiger partial charge in [0.25, 0.3) is 0 Å². The molecule has 0 aliphatic rings. The van der Waals surface area contributed by atoms with E-state index in [4.69, 9.17) is 17.3 Å². The lowest BCUT2D eigenvalue weighted by Crippen LogP contribution is -2.27. The average molecular weight is 312 g/mol. The molecule has 0 saturated heterocycles. The quantitative estimate of drug-likeness (QED) is 0.849. The van der Waals surface area contributed by atoms with E-state index in [0.29, 0.717) is 11.4 Å². The molecule has 3 N–H and O–H groups in total. The number of rotatable bonds is 4. The first-order valence-corrected chi connectivity index (χ1v) is 7.74. The van der Waals surface area contributed by atoms with Gasteiger partial charge >= 0.3 is 0 Å². The molecule has 0 spiro atoms. The van der Waals surface area contributed by atoms with Crippen molar-refractivity contribution in [2.24, 2.45) is 0 Å². The lowest BCUT2D eigenvalue weighted by molar-refractivity contribution is 0.564. The minimum atomic E-state index is -3.76. The van der Waals surface area contributed by atoms with E-state index in [2.05, 4.69) is 9.71 Å². The molecule has 0 aliphatic heterocycles. The summed E-state index contributed by atoms with van der Waals surface area (Å²) in [6.45, 7) is 1.71. The van der Waals surface area contributed by atoms with Crippen LogP contribution in [0.1, 0.15) is 18.7 Å². The molecule has 1 unspecified atom stereocenters. The van der Waals surface area contributed by atoms with Gasteiger partial charge in [0.15, 0.2) is 0 Å². The number of aromatic nitrogens is 1. The zero-order valence-corrected chi connectivity index (χ0v) is 12.3. The van der Waals surface area contributed by atoms with Crippen molar-refractivity contribution in [1.29, 1.82) is 0 Å². The number of benzene rings is 1. The van der Waals surface area contributed by atoms with Crippen molar-refractivity contribution in [3.63, 3.8) is 0 Å². The normalized spacial score (nSPS) is 13.1. The van der Waals surface area contributed by atoms with Gasteiger partial charge in [-0.15, -0.1) is 0 Å². The molecule has 5 nitrogen and oxygen atoms in total. The van der Waals surface area contributed by atoms with Gasteiger partial charge in [0.2, 0.25) is 10.0 Å². The molecule has 0 bridgehead atoms. The molecular weight excluding hydrogens is 298 g/mol. The Labute approximate surface area is 122 Å². The van der Waals surface area contributed by atoms with Crippen LogP contribution < -0.4 is 10.5 Å². The van der Waals surface area contributed by atoms with Crippen molar-refractivity contribution >= 4 is 27.3 Å². The van der Waals surface area contributed by atoms with Gasteiger partial charge in [-0.1, -0.05) is 17.7 Å². The minimum Gasteiger partial charge on any atom is -0.399 e. The molecule has 0 aliphatic carbocycles. The summed E-state index contributed by atoms with van der Waals surface area (Å²) in [4.78, 5) is 4.07. The second kappa shape index (κ2) is 5.78. The molecule has 20 heavy (non-hydrogen) atoms. The third-order valence-electron chi connectivity index (χ3n) is 2.71. The van der Waals surface area contributed by atoms with E-state index >= 15 is 0 Å². The van der Waals surface area contributed by atoms with Crippen molar-refractivity contribution in [3.05, 3.63) is 53.3 Å². The molecule has 0 radical (unpaired) electrons. The highest BCUT2D eigenvalue weighted by Gasteiger charge is 2.21. The molecule has 1 aromatic heterocycles. The first kappa shape index (κ1) is 14.8. The Kier molecular flexibility index (Phi) is 4.27. The molecule has 7 heteroatoms. The number of nitrogens with two attached hydrogens (primary N) is 1. The number of hydrogen-bond donors (Lipinski definition) is 2. The molecule has 106 valence electrons. The smallest absolute Gasteiger partial charge is 0.242 e. The molecule has 0 amide bonds. The van der Waals surface area contributed by atoms with Crippen LogP contribution in [0, 0.1) is 0 Å². The predicted molar refractivity (Wildman–Crippen MR) is 78.8 cm³/mol. The number of sulfonamides is 1. The molecule has 2 rings (SSSR count). The highest BCUT2D eigenvalue weighted by Crippen LogP contribution is 2.25. The summed E-state index contributed by atoms with van der Waals surface area (Å²) in [7, 11) is -3.76. The third-order valence-corrected chi connectivity index (χ3v) is 4.73. The van der Waals surface area contributed by atoms with E-state index in [0.717, 1.165) is 0 Å². The van der Waals surface area contributed by atoms with Crippen molar-refractivity contribution in [2.45, 2.75) is 17.9 Å². The Morgan fingerprint density at radius 1 is 1.30 bits per heavy atom. The van der Waals surface area contributed by atoms with E-state index < -0.39 is 16.1 Å². The number of halogens is 1. The van der Waals surface area contributed by atoms with Crippen LogP contribution in [-0.4, -0.2) is 13.4 Å². The van der Waals surface area contributed by atoms with Gasteiger partial charge < -0.3 is 5.73 Å². The maximum atomic E-state index is 12.3. The van der Waals surface area contributed by atoms with Gasteiger partial charge in [-0.2, -0.15) is 0 Å². The van der Waals surface area contributed by atoms with E-state index in [-0.39, 0.29) is 9.92 Å². The maximum absolute atomic E-state index is 12.3. The first-order chi connectivity index (χ1) is 9.40. The number of anilines is 1. The highest BCUT2D eigenvalue weighted by molar-refractivity contribution is 7.89. The van der Waals surface area contributed by atoms with E-state index in [9.17, 15) is 8.42 Å². The fourth-order valence-corrected chi connectivity index (χ4v) is 3.47. The Bertz CT molecular complexity index is 705. The second-order valence-electron chi connectivity index (χ2n) is 4.29. The van der Waals surface area contributed by atoms with Crippen LogP contribution in [0.4, 0.5) is 5.69 Å². The van der Waals surface area contributed by atoms with E-state index in [1.54, 1.807) is 37.4 Å². The Morgan fingerprint density at radius 2 is 2.05 bits per heavy atom. The van der Waals surface area contributed by atoms with Crippen molar-refractivity contribution in [3.8, 4) is 0 Å². The zero-order valence-electron chi connectivity index (χ0n) is 10.7. The Balaban J connectivity index is 2.30. The van der Waals surface area contributed by atoms with Crippen LogP contribution in [-0.2, 0) is 10.0 Å².